The molecule has 0 aromatic carbocycles. The van der Waals surface area contributed by atoms with Gasteiger partial charge in [-0.15, -0.1) is 0 Å². The summed E-state index contributed by atoms with van der Waals surface area (Å²) in [7, 11) is 0. The molecule has 2 N–H and O–H groups in total. The average molecular weight is 325 g/mol. The first-order valence-corrected chi connectivity index (χ1v) is 8.16. The molecule has 3 atom stereocenters. The van der Waals surface area contributed by atoms with E-state index in [2.05, 4.69) is 5.32 Å². The van der Waals surface area contributed by atoms with Crippen LogP contribution in [0, 0.1) is 0 Å². The molecule has 1 aromatic heterocycles. The number of carbonyl (C=O) groups is 1. The van der Waals surface area contributed by atoms with Gasteiger partial charge in [-0.1, -0.05) is 0 Å². The molecule has 0 spiro atoms. The summed E-state index contributed by atoms with van der Waals surface area (Å²) in [5.41, 5.74) is -0.696. The standard InChI is InChI=1S/C16H27N3O4/c1-5-18-8-9-19(15(18)22)13-10-11(20)6-7-12(13)17-14(21)23-16(2,3)4/h8-9,11-13,20H,5-7,10H2,1-4H3,(H,17,21). The van der Waals surface area contributed by atoms with E-state index in [-0.39, 0.29) is 17.8 Å². The Kier molecular flexibility index (Phi) is 5.19. The third-order valence-corrected chi connectivity index (χ3v) is 4.06. The van der Waals surface area contributed by atoms with Gasteiger partial charge in [-0.05, 0) is 47.0 Å². The number of ether oxygens (including phenoxy) is 1. The highest BCUT2D eigenvalue weighted by molar-refractivity contribution is 5.68. The van der Waals surface area contributed by atoms with Crippen LogP contribution in [0.3, 0.4) is 0 Å². The smallest absolute Gasteiger partial charge is 0.407 e. The van der Waals surface area contributed by atoms with Gasteiger partial charge in [0.1, 0.15) is 5.60 Å². The van der Waals surface area contributed by atoms with E-state index in [9.17, 15) is 14.7 Å². The molecule has 1 fully saturated rings. The zero-order chi connectivity index (χ0) is 17.2. The van der Waals surface area contributed by atoms with Gasteiger partial charge in [0.15, 0.2) is 0 Å². The summed E-state index contributed by atoms with van der Waals surface area (Å²) in [4.78, 5) is 24.4. The molecule has 1 aliphatic carbocycles. The van der Waals surface area contributed by atoms with E-state index in [0.717, 1.165) is 0 Å². The van der Waals surface area contributed by atoms with Gasteiger partial charge in [0.2, 0.25) is 0 Å². The van der Waals surface area contributed by atoms with Gasteiger partial charge < -0.3 is 15.2 Å². The zero-order valence-corrected chi connectivity index (χ0v) is 14.3. The molecule has 7 nitrogen and oxygen atoms in total. The molecule has 3 unspecified atom stereocenters. The Morgan fingerprint density at radius 3 is 2.65 bits per heavy atom. The van der Waals surface area contributed by atoms with Gasteiger partial charge in [-0.3, -0.25) is 9.13 Å². The molecule has 23 heavy (non-hydrogen) atoms. The molecule has 1 saturated carbocycles. The number of imidazole rings is 1. The van der Waals surface area contributed by atoms with Gasteiger partial charge in [-0.25, -0.2) is 9.59 Å². The van der Waals surface area contributed by atoms with Crippen LogP contribution in [0.4, 0.5) is 4.79 Å². The Morgan fingerprint density at radius 2 is 2.09 bits per heavy atom. The normalized spacial score (nSPS) is 25.2. The van der Waals surface area contributed by atoms with Crippen molar-refractivity contribution in [1.82, 2.24) is 14.5 Å². The Bertz CT molecular complexity index is 599. The van der Waals surface area contributed by atoms with Crippen LogP contribution < -0.4 is 11.0 Å². The van der Waals surface area contributed by atoms with Gasteiger partial charge in [-0.2, -0.15) is 0 Å². The second-order valence-electron chi connectivity index (χ2n) is 7.06. The number of nitrogens with zero attached hydrogens (tertiary/aromatic N) is 2. The van der Waals surface area contributed by atoms with E-state index in [4.69, 9.17) is 4.74 Å². The van der Waals surface area contributed by atoms with Crippen molar-refractivity contribution in [2.75, 3.05) is 0 Å². The van der Waals surface area contributed by atoms with Gasteiger partial charge >= 0.3 is 11.8 Å². The number of hydrogen-bond donors (Lipinski definition) is 2. The highest BCUT2D eigenvalue weighted by Crippen LogP contribution is 2.28. The number of aryl methyl sites for hydroxylation is 1. The van der Waals surface area contributed by atoms with Crippen LogP contribution in [0.2, 0.25) is 0 Å². The van der Waals surface area contributed by atoms with E-state index in [1.165, 1.54) is 0 Å². The highest BCUT2D eigenvalue weighted by Gasteiger charge is 2.34. The lowest BCUT2D eigenvalue weighted by Gasteiger charge is -2.35. The number of aliphatic hydroxyl groups excluding tert-OH is 1. The fourth-order valence-corrected chi connectivity index (χ4v) is 2.98. The van der Waals surface area contributed by atoms with E-state index >= 15 is 0 Å². The van der Waals surface area contributed by atoms with Crippen molar-refractivity contribution in [3.05, 3.63) is 22.9 Å². The molecular formula is C16H27N3O4. The van der Waals surface area contributed by atoms with E-state index in [1.807, 2.05) is 6.92 Å². The van der Waals surface area contributed by atoms with Crippen molar-refractivity contribution >= 4 is 6.09 Å². The van der Waals surface area contributed by atoms with Crippen molar-refractivity contribution in [3.63, 3.8) is 0 Å². The molecule has 0 radical (unpaired) electrons. The van der Waals surface area contributed by atoms with Crippen LogP contribution in [0.15, 0.2) is 17.2 Å². The van der Waals surface area contributed by atoms with Crippen LogP contribution in [-0.4, -0.2) is 38.1 Å². The third kappa shape index (κ3) is 4.37. The quantitative estimate of drug-likeness (QED) is 0.885. The summed E-state index contributed by atoms with van der Waals surface area (Å²) >= 11 is 0. The second-order valence-corrected chi connectivity index (χ2v) is 7.06. The SMILES string of the molecule is CCn1ccn(C2CC(O)CCC2NC(=O)OC(C)(C)C)c1=O. The number of hydrogen-bond acceptors (Lipinski definition) is 4. The monoisotopic (exact) mass is 325 g/mol. The second kappa shape index (κ2) is 6.78. The van der Waals surface area contributed by atoms with Gasteiger partial charge in [0.05, 0.1) is 18.2 Å². The lowest BCUT2D eigenvalue weighted by atomic mass is 9.88. The van der Waals surface area contributed by atoms with Gasteiger partial charge in [0, 0.05) is 18.9 Å². The Balaban J connectivity index is 2.17. The maximum absolute atomic E-state index is 12.4. The summed E-state index contributed by atoms with van der Waals surface area (Å²) in [5.74, 6) is 0. The molecule has 1 aliphatic rings. The zero-order valence-electron chi connectivity index (χ0n) is 14.3. The predicted molar refractivity (Wildman–Crippen MR) is 86.4 cm³/mol. The van der Waals surface area contributed by atoms with Crippen LogP contribution in [0.25, 0.3) is 0 Å². The first-order chi connectivity index (χ1) is 10.7. The van der Waals surface area contributed by atoms with Crippen molar-refractivity contribution in [3.8, 4) is 0 Å². The first-order valence-electron chi connectivity index (χ1n) is 8.16. The van der Waals surface area contributed by atoms with E-state index in [0.29, 0.717) is 25.8 Å². The van der Waals surface area contributed by atoms with Crippen molar-refractivity contribution in [2.45, 2.75) is 77.3 Å². The van der Waals surface area contributed by atoms with E-state index < -0.39 is 17.8 Å². The number of aromatic nitrogens is 2. The van der Waals surface area contributed by atoms with Crippen molar-refractivity contribution in [1.29, 1.82) is 0 Å². The number of nitrogens with one attached hydrogen (secondary N) is 1. The molecule has 1 amide bonds. The summed E-state index contributed by atoms with van der Waals surface area (Å²) < 4.78 is 8.51. The average Bonchev–Trinajstić information content (AvgIpc) is 2.79. The highest BCUT2D eigenvalue weighted by atomic mass is 16.6. The topological polar surface area (TPSA) is 85.5 Å². The fourth-order valence-electron chi connectivity index (χ4n) is 2.98. The largest absolute Gasteiger partial charge is 0.444 e. The van der Waals surface area contributed by atoms with Crippen LogP contribution in [-0.2, 0) is 11.3 Å². The predicted octanol–water partition coefficient (Wildman–Crippen LogP) is 1.65. The lowest BCUT2D eigenvalue weighted by Crippen LogP contribution is -2.49. The van der Waals surface area contributed by atoms with Crippen molar-refractivity contribution in [2.24, 2.45) is 0 Å². The number of alkyl carbamates (subject to hydrolysis) is 1. The molecule has 0 saturated heterocycles. The molecule has 0 aliphatic heterocycles. The van der Waals surface area contributed by atoms with Crippen LogP contribution >= 0.6 is 0 Å². The molecule has 1 heterocycles. The molecular weight excluding hydrogens is 298 g/mol. The van der Waals surface area contributed by atoms with Crippen molar-refractivity contribution < 1.29 is 14.6 Å². The molecule has 130 valence electrons. The van der Waals surface area contributed by atoms with Gasteiger partial charge in [0.25, 0.3) is 0 Å². The third-order valence-electron chi connectivity index (χ3n) is 4.06. The maximum atomic E-state index is 12.4. The minimum absolute atomic E-state index is 0.123. The first kappa shape index (κ1) is 17.6. The molecule has 7 heteroatoms. The summed E-state index contributed by atoms with van der Waals surface area (Å²) in [6.45, 7) is 7.91. The summed E-state index contributed by atoms with van der Waals surface area (Å²) in [6, 6.07) is -0.509. The Labute approximate surface area is 136 Å². The minimum Gasteiger partial charge on any atom is -0.444 e. The van der Waals surface area contributed by atoms with Crippen LogP contribution in [0.1, 0.15) is 53.0 Å². The Hall–Kier alpha value is -1.76. The van der Waals surface area contributed by atoms with E-state index in [1.54, 1.807) is 42.3 Å². The summed E-state index contributed by atoms with van der Waals surface area (Å²) in [6.07, 6.45) is 4.13. The minimum atomic E-state index is -0.573. The van der Waals surface area contributed by atoms with Crippen LogP contribution in [0.5, 0.6) is 0 Å². The number of amides is 1. The maximum Gasteiger partial charge on any atom is 0.407 e. The number of rotatable bonds is 3. The summed E-state index contributed by atoms with van der Waals surface area (Å²) in [5, 5.41) is 12.8. The fraction of sp³-hybridized carbons (Fsp3) is 0.750. The lowest BCUT2D eigenvalue weighted by molar-refractivity contribution is 0.0394. The number of carbonyl (C=O) groups excluding carboxylic acids is 1. The molecule has 2 rings (SSSR count). The molecule has 0 bridgehead atoms. The Morgan fingerprint density at radius 1 is 1.39 bits per heavy atom. The number of aliphatic hydroxyl groups is 1. The molecule has 1 aromatic rings.